The van der Waals surface area contributed by atoms with E-state index >= 15 is 0 Å². The predicted octanol–water partition coefficient (Wildman–Crippen LogP) is 2.09. The Morgan fingerprint density at radius 3 is 2.16 bits per heavy atom. The summed E-state index contributed by atoms with van der Waals surface area (Å²) in [7, 11) is -4.97. The number of aromatic carboxylic acids is 1. The number of carboxylic acid groups (broad SMARTS) is 1. The molecule has 0 aromatic heterocycles. The van der Waals surface area contributed by atoms with Crippen molar-refractivity contribution in [2.24, 2.45) is 0 Å². The number of halogens is 4. The molecule has 0 unspecified atom stereocenters. The predicted molar refractivity (Wildman–Crippen MR) is 64.0 cm³/mol. The van der Waals surface area contributed by atoms with E-state index in [4.69, 9.17) is 5.11 Å². The quantitative estimate of drug-likeness (QED) is 0.925. The largest absolute Gasteiger partial charge is 0.516 e. The van der Waals surface area contributed by atoms with Crippen molar-refractivity contribution >= 4 is 34.1 Å². The number of sulfonamides is 1. The molecule has 0 heterocycles. The Labute approximate surface area is 113 Å². The molecule has 0 aliphatic heterocycles. The molecule has 0 atom stereocenters. The molecule has 5 nitrogen and oxygen atoms in total. The Balaban J connectivity index is 0.00000324. The second-order valence-corrected chi connectivity index (χ2v) is 5.20. The summed E-state index contributed by atoms with van der Waals surface area (Å²) >= 11 is 0. The summed E-state index contributed by atoms with van der Waals surface area (Å²) in [6.07, 6.45) is 0. The van der Waals surface area contributed by atoms with Gasteiger partial charge in [-0.05, 0) is 12.1 Å². The van der Waals surface area contributed by atoms with Gasteiger partial charge in [-0.25, -0.2) is 4.79 Å². The van der Waals surface area contributed by atoms with Crippen LogP contribution < -0.4 is 4.31 Å². The lowest BCUT2D eigenvalue weighted by atomic mass is 10.2. The maximum atomic E-state index is 12.3. The maximum Gasteiger partial charge on any atom is 0.516 e. The van der Waals surface area contributed by atoms with E-state index in [1.54, 1.807) is 0 Å². The standard InChI is InChI=1S/C9H8F3NO4S.ClH/c1-13(18(16,17)9(10,11)12)7-5-3-2-4-6(7)8(14)15;/h2-5H,1H3,(H,14,15);1H. The van der Waals surface area contributed by atoms with Crippen LogP contribution in [0.2, 0.25) is 0 Å². The topological polar surface area (TPSA) is 74.7 Å². The SMILES string of the molecule is CN(c1ccccc1C(=O)O)S(=O)(=O)C(F)(F)F.Cl. The average molecular weight is 320 g/mol. The van der Waals surface area contributed by atoms with Crippen LogP contribution in [-0.2, 0) is 10.0 Å². The highest BCUT2D eigenvalue weighted by Crippen LogP contribution is 2.31. The van der Waals surface area contributed by atoms with Crippen LogP contribution in [0.25, 0.3) is 0 Å². The number of nitrogens with zero attached hydrogens (tertiary/aromatic N) is 1. The first-order valence-corrected chi connectivity index (χ1v) is 5.90. The number of carbonyl (C=O) groups is 1. The number of benzene rings is 1. The van der Waals surface area contributed by atoms with Gasteiger partial charge in [0.25, 0.3) is 0 Å². The monoisotopic (exact) mass is 319 g/mol. The number of hydrogen-bond donors (Lipinski definition) is 1. The van der Waals surface area contributed by atoms with E-state index in [1.165, 1.54) is 12.1 Å². The Bertz CT molecular complexity index is 573. The minimum absolute atomic E-state index is 0. The summed E-state index contributed by atoms with van der Waals surface area (Å²) in [6, 6.07) is 4.51. The van der Waals surface area contributed by atoms with Gasteiger partial charge >= 0.3 is 21.5 Å². The van der Waals surface area contributed by atoms with Crippen LogP contribution >= 0.6 is 12.4 Å². The van der Waals surface area contributed by atoms with E-state index in [2.05, 4.69) is 0 Å². The Hall–Kier alpha value is -1.48. The summed E-state index contributed by atoms with van der Waals surface area (Å²) in [6.45, 7) is 0. The molecule has 0 saturated carbocycles. The van der Waals surface area contributed by atoms with Gasteiger partial charge in [-0.1, -0.05) is 12.1 Å². The molecule has 1 aromatic rings. The van der Waals surface area contributed by atoms with Gasteiger partial charge in [-0.2, -0.15) is 21.6 Å². The van der Waals surface area contributed by atoms with Gasteiger partial charge in [-0.15, -0.1) is 12.4 Å². The lowest BCUT2D eigenvalue weighted by Gasteiger charge is -2.22. The molecule has 1 rings (SSSR count). The van der Waals surface area contributed by atoms with E-state index in [0.29, 0.717) is 7.05 Å². The van der Waals surface area contributed by atoms with E-state index in [0.717, 1.165) is 12.1 Å². The fraction of sp³-hybridized carbons (Fsp3) is 0.222. The second kappa shape index (κ2) is 5.66. The van der Waals surface area contributed by atoms with Crippen molar-refractivity contribution in [2.45, 2.75) is 5.51 Å². The Morgan fingerprint density at radius 1 is 1.26 bits per heavy atom. The third-order valence-corrected chi connectivity index (χ3v) is 3.63. The fourth-order valence-electron chi connectivity index (χ4n) is 1.21. The zero-order valence-electron chi connectivity index (χ0n) is 9.38. The van der Waals surface area contributed by atoms with E-state index < -0.39 is 32.8 Å². The van der Waals surface area contributed by atoms with Gasteiger partial charge in [-0.3, -0.25) is 4.31 Å². The minimum atomic E-state index is -5.62. The molecule has 0 aliphatic carbocycles. The van der Waals surface area contributed by atoms with Gasteiger partial charge in [0.05, 0.1) is 11.3 Å². The van der Waals surface area contributed by atoms with Crippen LogP contribution in [-0.4, -0.2) is 32.0 Å². The normalized spacial score (nSPS) is 11.6. The fourth-order valence-corrected chi connectivity index (χ4v) is 1.94. The molecule has 0 amide bonds. The molecular formula is C9H9ClF3NO4S. The number of hydrogen-bond acceptors (Lipinski definition) is 3. The van der Waals surface area contributed by atoms with Crippen molar-refractivity contribution in [3.63, 3.8) is 0 Å². The number of rotatable bonds is 3. The van der Waals surface area contributed by atoms with E-state index in [-0.39, 0.29) is 16.7 Å². The molecule has 0 fully saturated rings. The van der Waals surface area contributed by atoms with Gasteiger partial charge in [0.1, 0.15) is 0 Å². The Kier molecular flexibility index (Phi) is 5.22. The smallest absolute Gasteiger partial charge is 0.478 e. The van der Waals surface area contributed by atoms with Crippen LogP contribution in [0.1, 0.15) is 10.4 Å². The van der Waals surface area contributed by atoms with Crippen molar-refractivity contribution < 1.29 is 31.5 Å². The molecule has 0 radical (unpaired) electrons. The highest BCUT2D eigenvalue weighted by molar-refractivity contribution is 7.93. The summed E-state index contributed by atoms with van der Waals surface area (Å²) in [5.74, 6) is -1.52. The molecule has 0 spiro atoms. The van der Waals surface area contributed by atoms with Gasteiger partial charge in [0.15, 0.2) is 0 Å². The van der Waals surface area contributed by atoms with Crippen molar-refractivity contribution in [2.75, 3.05) is 11.4 Å². The number of anilines is 1. The third-order valence-electron chi connectivity index (χ3n) is 2.13. The highest BCUT2D eigenvalue weighted by Gasteiger charge is 2.49. The van der Waals surface area contributed by atoms with Crippen molar-refractivity contribution in [3.05, 3.63) is 29.8 Å². The van der Waals surface area contributed by atoms with Crippen LogP contribution in [0.3, 0.4) is 0 Å². The lowest BCUT2D eigenvalue weighted by Crippen LogP contribution is -2.38. The van der Waals surface area contributed by atoms with Gasteiger partial charge < -0.3 is 5.11 Å². The summed E-state index contributed by atoms with van der Waals surface area (Å²) in [5, 5.41) is 8.78. The summed E-state index contributed by atoms with van der Waals surface area (Å²) < 4.78 is 59.1. The molecule has 0 aliphatic rings. The molecular weight excluding hydrogens is 311 g/mol. The molecule has 0 saturated heterocycles. The van der Waals surface area contributed by atoms with Gasteiger partial charge in [0.2, 0.25) is 0 Å². The summed E-state index contributed by atoms with van der Waals surface area (Å²) in [5.41, 5.74) is -6.58. The molecule has 1 aromatic carbocycles. The third kappa shape index (κ3) is 3.29. The number of alkyl halides is 3. The van der Waals surface area contributed by atoms with Crippen LogP contribution in [0.4, 0.5) is 18.9 Å². The van der Waals surface area contributed by atoms with Crippen molar-refractivity contribution in [3.8, 4) is 0 Å². The molecule has 0 bridgehead atoms. The first kappa shape index (κ1) is 17.5. The van der Waals surface area contributed by atoms with E-state index in [1.807, 2.05) is 0 Å². The molecule has 10 heteroatoms. The van der Waals surface area contributed by atoms with Crippen molar-refractivity contribution in [1.29, 1.82) is 0 Å². The molecule has 108 valence electrons. The highest BCUT2D eigenvalue weighted by atomic mass is 35.5. The average Bonchev–Trinajstić information content (AvgIpc) is 2.26. The molecule has 1 N–H and O–H groups in total. The molecule has 19 heavy (non-hydrogen) atoms. The maximum absolute atomic E-state index is 12.3. The minimum Gasteiger partial charge on any atom is -0.478 e. The van der Waals surface area contributed by atoms with Gasteiger partial charge in [0, 0.05) is 7.05 Å². The lowest BCUT2D eigenvalue weighted by molar-refractivity contribution is -0.0437. The number of carboxylic acids is 1. The zero-order chi connectivity index (χ0) is 14.1. The van der Waals surface area contributed by atoms with Crippen LogP contribution in [0.15, 0.2) is 24.3 Å². The Morgan fingerprint density at radius 2 is 1.74 bits per heavy atom. The summed E-state index contributed by atoms with van der Waals surface area (Å²) in [4.78, 5) is 10.8. The first-order chi connectivity index (χ1) is 8.09. The second-order valence-electron chi connectivity index (χ2n) is 3.24. The van der Waals surface area contributed by atoms with Crippen molar-refractivity contribution in [1.82, 2.24) is 0 Å². The van der Waals surface area contributed by atoms with Crippen LogP contribution in [0, 0.1) is 0 Å². The zero-order valence-corrected chi connectivity index (χ0v) is 11.0. The number of para-hydroxylation sites is 1. The van der Waals surface area contributed by atoms with Crippen LogP contribution in [0.5, 0.6) is 0 Å². The first-order valence-electron chi connectivity index (χ1n) is 4.46. The van der Waals surface area contributed by atoms with E-state index in [9.17, 15) is 26.4 Å².